The lowest BCUT2D eigenvalue weighted by Crippen LogP contribution is -2.04. The van der Waals surface area contributed by atoms with Crippen molar-refractivity contribution in [3.05, 3.63) is 90.0 Å². The van der Waals surface area contributed by atoms with Gasteiger partial charge in [-0.05, 0) is 48.4 Å². The second-order valence-electron chi connectivity index (χ2n) is 5.96. The van der Waals surface area contributed by atoms with Gasteiger partial charge in [0.25, 0.3) is 0 Å². The number of benzene rings is 3. The topological polar surface area (TPSA) is 42.8 Å². The Morgan fingerprint density at radius 2 is 1.59 bits per heavy atom. The predicted octanol–water partition coefficient (Wildman–Crippen LogP) is 5.15. The van der Waals surface area contributed by atoms with E-state index in [0.717, 1.165) is 29.2 Å². The van der Waals surface area contributed by atoms with Gasteiger partial charge in [-0.2, -0.15) is 5.10 Å². The fraction of sp³-hybridized carbons (Fsp3) is 0.174. The van der Waals surface area contributed by atoms with E-state index in [4.69, 9.17) is 9.47 Å². The molecule has 4 heteroatoms. The molecular formula is C23H24N2O2. The number of nitrogens with zero attached hydrogens (tertiary/aromatic N) is 1. The van der Waals surface area contributed by atoms with Crippen molar-refractivity contribution in [2.24, 2.45) is 5.10 Å². The Balaban J connectivity index is 1.61. The van der Waals surface area contributed by atoms with Crippen molar-refractivity contribution in [1.82, 2.24) is 0 Å². The first-order valence-corrected chi connectivity index (χ1v) is 9.13. The van der Waals surface area contributed by atoms with Gasteiger partial charge in [0, 0.05) is 6.42 Å². The van der Waals surface area contributed by atoms with Crippen LogP contribution in [0.5, 0.6) is 11.5 Å². The summed E-state index contributed by atoms with van der Waals surface area (Å²) in [6, 6.07) is 26.0. The van der Waals surface area contributed by atoms with Crippen LogP contribution in [0.4, 0.5) is 5.69 Å². The molecule has 0 unspecified atom stereocenters. The zero-order chi connectivity index (χ0) is 18.7. The van der Waals surface area contributed by atoms with Gasteiger partial charge in [0.15, 0.2) is 11.5 Å². The number of nitrogens with one attached hydrogen (secondary N) is 1. The minimum Gasteiger partial charge on any atom is -0.490 e. The summed E-state index contributed by atoms with van der Waals surface area (Å²) >= 11 is 0. The molecule has 0 radical (unpaired) electrons. The maximum atomic E-state index is 5.94. The van der Waals surface area contributed by atoms with Gasteiger partial charge in [0.05, 0.1) is 25.1 Å². The molecule has 4 nitrogen and oxygen atoms in total. The van der Waals surface area contributed by atoms with Gasteiger partial charge in [-0.25, -0.2) is 0 Å². The molecule has 0 aliphatic rings. The summed E-state index contributed by atoms with van der Waals surface area (Å²) < 4.78 is 11.7. The third-order valence-electron chi connectivity index (χ3n) is 3.94. The highest BCUT2D eigenvalue weighted by Gasteiger charge is 2.06. The smallest absolute Gasteiger partial charge is 0.161 e. The second kappa shape index (κ2) is 10.0. The van der Waals surface area contributed by atoms with Crippen molar-refractivity contribution >= 4 is 11.9 Å². The molecule has 0 aliphatic carbocycles. The Labute approximate surface area is 160 Å². The van der Waals surface area contributed by atoms with Crippen molar-refractivity contribution in [2.75, 3.05) is 18.6 Å². The molecule has 0 saturated carbocycles. The average molecular weight is 360 g/mol. The molecule has 0 saturated heterocycles. The summed E-state index contributed by atoms with van der Waals surface area (Å²) in [6.45, 7) is 3.15. The number of hydrogen-bond acceptors (Lipinski definition) is 4. The van der Waals surface area contributed by atoms with Crippen molar-refractivity contribution in [1.29, 1.82) is 0 Å². The van der Waals surface area contributed by atoms with Crippen LogP contribution >= 0.6 is 0 Å². The minimum atomic E-state index is 0.581. The molecule has 3 rings (SSSR count). The van der Waals surface area contributed by atoms with Crippen LogP contribution in [0.1, 0.15) is 18.1 Å². The fourth-order valence-electron chi connectivity index (χ4n) is 2.61. The summed E-state index contributed by atoms with van der Waals surface area (Å²) in [5.74, 6) is 1.48. The van der Waals surface area contributed by atoms with E-state index < -0.39 is 0 Å². The van der Waals surface area contributed by atoms with Crippen LogP contribution in [0.2, 0.25) is 0 Å². The molecule has 0 heterocycles. The minimum absolute atomic E-state index is 0.581. The summed E-state index contributed by atoms with van der Waals surface area (Å²) in [5.41, 5.74) is 6.15. The van der Waals surface area contributed by atoms with Gasteiger partial charge in [0.2, 0.25) is 0 Å². The molecule has 0 spiro atoms. The standard InChI is InChI=1S/C23H24N2O2/c1-2-26-23-17-20(18-24-25-21-11-7-4-8-12-21)13-14-22(23)27-16-15-19-9-5-3-6-10-19/h3-14,17-18,25H,2,15-16H2,1H3/b24-18+. The molecule has 0 aromatic heterocycles. The quantitative estimate of drug-likeness (QED) is 0.424. The van der Waals surface area contributed by atoms with E-state index in [1.807, 2.05) is 73.7 Å². The highest BCUT2D eigenvalue weighted by molar-refractivity contribution is 5.81. The van der Waals surface area contributed by atoms with E-state index in [9.17, 15) is 0 Å². The van der Waals surface area contributed by atoms with Crippen molar-refractivity contribution in [3.8, 4) is 11.5 Å². The third kappa shape index (κ3) is 5.89. The van der Waals surface area contributed by atoms with Crippen molar-refractivity contribution < 1.29 is 9.47 Å². The summed E-state index contributed by atoms with van der Waals surface area (Å²) in [4.78, 5) is 0. The number of hydrazone groups is 1. The fourth-order valence-corrected chi connectivity index (χ4v) is 2.61. The van der Waals surface area contributed by atoms with Gasteiger partial charge in [-0.1, -0.05) is 48.5 Å². The summed E-state index contributed by atoms with van der Waals surface area (Å²) in [5, 5.41) is 4.27. The van der Waals surface area contributed by atoms with Crippen LogP contribution in [0.15, 0.2) is 84.0 Å². The van der Waals surface area contributed by atoms with E-state index in [2.05, 4.69) is 22.7 Å². The van der Waals surface area contributed by atoms with E-state index in [-0.39, 0.29) is 0 Å². The Morgan fingerprint density at radius 1 is 0.852 bits per heavy atom. The first-order chi connectivity index (χ1) is 13.3. The third-order valence-corrected chi connectivity index (χ3v) is 3.94. The first-order valence-electron chi connectivity index (χ1n) is 9.13. The molecule has 3 aromatic carbocycles. The zero-order valence-electron chi connectivity index (χ0n) is 15.5. The highest BCUT2D eigenvalue weighted by Crippen LogP contribution is 2.28. The SMILES string of the molecule is CCOc1cc(/C=N/Nc2ccccc2)ccc1OCCc1ccccc1. The summed E-state index contributed by atoms with van der Waals surface area (Å²) in [7, 11) is 0. The number of anilines is 1. The molecule has 27 heavy (non-hydrogen) atoms. The zero-order valence-corrected chi connectivity index (χ0v) is 15.5. The normalized spacial score (nSPS) is 10.7. The maximum Gasteiger partial charge on any atom is 0.161 e. The Morgan fingerprint density at radius 3 is 2.33 bits per heavy atom. The van der Waals surface area contributed by atoms with E-state index in [1.54, 1.807) is 6.21 Å². The molecular weight excluding hydrogens is 336 g/mol. The van der Waals surface area contributed by atoms with Crippen LogP contribution in [0.3, 0.4) is 0 Å². The van der Waals surface area contributed by atoms with E-state index in [1.165, 1.54) is 5.56 Å². The molecule has 1 N–H and O–H groups in total. The number of rotatable bonds is 9. The molecule has 0 bridgehead atoms. The first kappa shape index (κ1) is 18.5. The molecule has 0 fully saturated rings. The number of para-hydroxylation sites is 1. The molecule has 138 valence electrons. The molecule has 0 aliphatic heterocycles. The van der Waals surface area contributed by atoms with Gasteiger partial charge >= 0.3 is 0 Å². The van der Waals surface area contributed by atoms with Crippen molar-refractivity contribution in [3.63, 3.8) is 0 Å². The van der Waals surface area contributed by atoms with Crippen LogP contribution in [-0.2, 0) is 6.42 Å². The lowest BCUT2D eigenvalue weighted by molar-refractivity contribution is 0.279. The Kier molecular flexibility index (Phi) is 6.87. The van der Waals surface area contributed by atoms with Crippen LogP contribution < -0.4 is 14.9 Å². The Hall–Kier alpha value is -3.27. The van der Waals surface area contributed by atoms with Gasteiger partial charge in [-0.3, -0.25) is 5.43 Å². The lowest BCUT2D eigenvalue weighted by atomic mass is 10.2. The maximum absolute atomic E-state index is 5.94. The largest absolute Gasteiger partial charge is 0.490 e. The molecule has 0 amide bonds. The highest BCUT2D eigenvalue weighted by atomic mass is 16.5. The van der Waals surface area contributed by atoms with Gasteiger partial charge < -0.3 is 9.47 Å². The average Bonchev–Trinajstić information content (AvgIpc) is 2.71. The second-order valence-corrected chi connectivity index (χ2v) is 5.96. The lowest BCUT2D eigenvalue weighted by Gasteiger charge is -2.12. The van der Waals surface area contributed by atoms with Crippen LogP contribution in [-0.4, -0.2) is 19.4 Å². The monoisotopic (exact) mass is 360 g/mol. The predicted molar refractivity (Wildman–Crippen MR) is 111 cm³/mol. The van der Waals surface area contributed by atoms with Gasteiger partial charge in [0.1, 0.15) is 0 Å². The van der Waals surface area contributed by atoms with Gasteiger partial charge in [-0.15, -0.1) is 0 Å². The van der Waals surface area contributed by atoms with Crippen LogP contribution in [0, 0.1) is 0 Å². The number of ether oxygens (including phenoxy) is 2. The van der Waals surface area contributed by atoms with Crippen LogP contribution in [0.25, 0.3) is 0 Å². The van der Waals surface area contributed by atoms with Crippen molar-refractivity contribution in [2.45, 2.75) is 13.3 Å². The summed E-state index contributed by atoms with van der Waals surface area (Å²) in [6.07, 6.45) is 2.62. The molecule has 3 aromatic rings. The number of hydrogen-bond donors (Lipinski definition) is 1. The van der Waals surface area contributed by atoms with E-state index >= 15 is 0 Å². The Bertz CT molecular complexity index is 849. The van der Waals surface area contributed by atoms with E-state index in [0.29, 0.717) is 13.2 Å². The molecule has 0 atom stereocenters.